The molecule has 15 heavy (non-hydrogen) atoms. The fourth-order valence-electron chi connectivity index (χ4n) is 3.01. The number of fused-ring (bicyclic) bond motifs is 1. The number of Topliss-reactive ketones (excluding diaryl/α,β-unsaturated/α-hetero) is 1. The van der Waals surface area contributed by atoms with Gasteiger partial charge in [-0.2, -0.15) is 0 Å². The van der Waals surface area contributed by atoms with Crippen molar-refractivity contribution in [3.05, 3.63) is 11.1 Å². The third kappa shape index (κ3) is 1.12. The third-order valence-electron chi connectivity index (χ3n) is 4.14. The maximum atomic E-state index is 12.0. The SMILES string of the molecule is COC(=O)C1=C(C)[C@H]2C[C@H](C1=O)C2(C)C. The molecule has 0 heterocycles. The van der Waals surface area contributed by atoms with E-state index in [0.29, 0.717) is 11.5 Å². The van der Waals surface area contributed by atoms with Crippen LogP contribution in [0.2, 0.25) is 0 Å². The molecule has 3 heteroatoms. The van der Waals surface area contributed by atoms with Crippen LogP contribution in [-0.2, 0) is 14.3 Å². The summed E-state index contributed by atoms with van der Waals surface area (Å²) in [7, 11) is 1.32. The number of methoxy groups -OCH3 is 1. The zero-order valence-electron chi connectivity index (χ0n) is 9.59. The molecule has 0 unspecified atom stereocenters. The summed E-state index contributed by atoms with van der Waals surface area (Å²) in [6.07, 6.45) is 0.901. The summed E-state index contributed by atoms with van der Waals surface area (Å²) in [5.74, 6) is -0.107. The lowest BCUT2D eigenvalue weighted by Crippen LogP contribution is -2.54. The predicted molar refractivity (Wildman–Crippen MR) is 55.1 cm³/mol. The summed E-state index contributed by atoms with van der Waals surface area (Å²) in [6, 6.07) is 0. The molecule has 0 aromatic carbocycles. The summed E-state index contributed by atoms with van der Waals surface area (Å²) in [5.41, 5.74) is 1.25. The summed E-state index contributed by atoms with van der Waals surface area (Å²) in [6.45, 7) is 6.08. The van der Waals surface area contributed by atoms with E-state index in [4.69, 9.17) is 0 Å². The summed E-state index contributed by atoms with van der Waals surface area (Å²) < 4.78 is 4.65. The molecule has 3 aliphatic rings. The van der Waals surface area contributed by atoms with Gasteiger partial charge in [0.25, 0.3) is 0 Å². The number of carbonyl (C=O) groups is 2. The van der Waals surface area contributed by atoms with Crippen LogP contribution < -0.4 is 0 Å². The monoisotopic (exact) mass is 208 g/mol. The van der Waals surface area contributed by atoms with Crippen molar-refractivity contribution in [3.63, 3.8) is 0 Å². The molecule has 0 N–H and O–H groups in total. The smallest absolute Gasteiger partial charge is 0.341 e. The van der Waals surface area contributed by atoms with Crippen LogP contribution >= 0.6 is 0 Å². The van der Waals surface area contributed by atoms with Crippen LogP contribution in [0.3, 0.4) is 0 Å². The molecule has 2 atom stereocenters. The molecular weight excluding hydrogens is 192 g/mol. The van der Waals surface area contributed by atoms with Gasteiger partial charge in [-0.05, 0) is 24.7 Å². The van der Waals surface area contributed by atoms with Crippen molar-refractivity contribution in [1.82, 2.24) is 0 Å². The highest BCUT2D eigenvalue weighted by Crippen LogP contribution is 2.59. The van der Waals surface area contributed by atoms with Crippen molar-refractivity contribution in [2.45, 2.75) is 27.2 Å². The summed E-state index contributed by atoms with van der Waals surface area (Å²) in [5, 5.41) is 0. The van der Waals surface area contributed by atoms with Gasteiger partial charge in [0.1, 0.15) is 5.57 Å². The Hall–Kier alpha value is -1.12. The van der Waals surface area contributed by atoms with Crippen molar-refractivity contribution < 1.29 is 14.3 Å². The van der Waals surface area contributed by atoms with Gasteiger partial charge in [0.2, 0.25) is 0 Å². The average Bonchev–Trinajstić information content (AvgIpc) is 2.15. The Labute approximate surface area is 89.5 Å². The van der Waals surface area contributed by atoms with Gasteiger partial charge in [-0.15, -0.1) is 0 Å². The maximum Gasteiger partial charge on any atom is 0.341 e. The van der Waals surface area contributed by atoms with Crippen LogP contribution in [0, 0.1) is 17.3 Å². The molecular formula is C12H16O3. The lowest BCUT2D eigenvalue weighted by atomic mass is 9.47. The Kier molecular flexibility index (Phi) is 2.04. The summed E-state index contributed by atoms with van der Waals surface area (Å²) >= 11 is 0. The molecule has 1 saturated carbocycles. The van der Waals surface area contributed by atoms with E-state index in [1.807, 2.05) is 6.92 Å². The van der Waals surface area contributed by atoms with E-state index in [0.717, 1.165) is 12.0 Å². The van der Waals surface area contributed by atoms with E-state index in [1.54, 1.807) is 0 Å². The molecule has 0 radical (unpaired) electrons. The Bertz CT molecular complexity index is 376. The fourth-order valence-corrected chi connectivity index (χ4v) is 3.01. The number of ketones is 1. The Morgan fingerprint density at radius 3 is 2.40 bits per heavy atom. The first kappa shape index (κ1) is 10.4. The van der Waals surface area contributed by atoms with Crippen molar-refractivity contribution in [1.29, 1.82) is 0 Å². The van der Waals surface area contributed by atoms with Gasteiger partial charge >= 0.3 is 5.97 Å². The standard InChI is InChI=1S/C12H16O3/c1-6-7-5-8(12(7,2)3)10(13)9(6)11(14)15-4/h7-8H,5H2,1-4H3/t7-,8-/m1/s1. The molecule has 0 aromatic rings. The highest BCUT2D eigenvalue weighted by Gasteiger charge is 2.58. The van der Waals surface area contributed by atoms with Crippen molar-refractivity contribution in [2.24, 2.45) is 17.3 Å². The van der Waals surface area contributed by atoms with Gasteiger partial charge in [-0.25, -0.2) is 4.79 Å². The van der Waals surface area contributed by atoms with E-state index in [1.165, 1.54) is 7.11 Å². The minimum atomic E-state index is -0.470. The molecule has 2 bridgehead atoms. The normalized spacial score (nSPS) is 32.4. The van der Waals surface area contributed by atoms with Gasteiger partial charge in [-0.3, -0.25) is 4.79 Å². The van der Waals surface area contributed by atoms with Crippen LogP contribution in [0.1, 0.15) is 27.2 Å². The van der Waals surface area contributed by atoms with Crippen LogP contribution in [0.4, 0.5) is 0 Å². The maximum absolute atomic E-state index is 12.0. The van der Waals surface area contributed by atoms with Crippen LogP contribution in [0.25, 0.3) is 0 Å². The van der Waals surface area contributed by atoms with E-state index in [2.05, 4.69) is 18.6 Å². The number of hydrogen-bond acceptors (Lipinski definition) is 3. The Balaban J connectivity index is 2.46. The van der Waals surface area contributed by atoms with E-state index in [9.17, 15) is 9.59 Å². The average molecular weight is 208 g/mol. The van der Waals surface area contributed by atoms with Crippen LogP contribution in [0.5, 0.6) is 0 Å². The molecule has 3 rings (SSSR count). The second-order valence-electron chi connectivity index (χ2n) is 5.08. The molecule has 0 aliphatic heterocycles. The Morgan fingerprint density at radius 1 is 1.40 bits per heavy atom. The first-order valence-corrected chi connectivity index (χ1v) is 5.24. The number of rotatable bonds is 1. The van der Waals surface area contributed by atoms with Crippen molar-refractivity contribution in [3.8, 4) is 0 Å². The largest absolute Gasteiger partial charge is 0.465 e. The molecule has 82 valence electrons. The Morgan fingerprint density at radius 2 is 2.00 bits per heavy atom. The first-order valence-electron chi connectivity index (χ1n) is 5.24. The third-order valence-corrected chi connectivity index (χ3v) is 4.14. The van der Waals surface area contributed by atoms with Crippen molar-refractivity contribution in [2.75, 3.05) is 7.11 Å². The predicted octanol–water partition coefficient (Wildman–Crippen LogP) is 1.72. The van der Waals surface area contributed by atoms with Gasteiger partial charge in [-0.1, -0.05) is 19.4 Å². The van der Waals surface area contributed by atoms with Gasteiger partial charge in [0, 0.05) is 5.92 Å². The fraction of sp³-hybridized carbons (Fsp3) is 0.667. The number of allylic oxidation sites excluding steroid dienone is 1. The van der Waals surface area contributed by atoms with Gasteiger partial charge in [0.05, 0.1) is 7.11 Å². The lowest BCUT2D eigenvalue weighted by Gasteiger charge is -2.55. The molecule has 1 fully saturated rings. The second kappa shape index (κ2) is 2.94. The molecule has 0 amide bonds. The molecule has 0 saturated heterocycles. The van der Waals surface area contributed by atoms with Crippen LogP contribution in [0.15, 0.2) is 11.1 Å². The zero-order chi connectivity index (χ0) is 11.4. The van der Waals surface area contributed by atoms with Gasteiger partial charge < -0.3 is 4.74 Å². The molecule has 3 aliphatic carbocycles. The number of esters is 1. The number of carbonyl (C=O) groups excluding carboxylic acids is 2. The van der Waals surface area contributed by atoms with E-state index < -0.39 is 5.97 Å². The zero-order valence-corrected chi connectivity index (χ0v) is 9.59. The minimum absolute atomic E-state index is 0.0142. The molecule has 3 nitrogen and oxygen atoms in total. The lowest BCUT2D eigenvalue weighted by molar-refractivity contribution is -0.144. The van der Waals surface area contributed by atoms with Crippen LogP contribution in [-0.4, -0.2) is 18.9 Å². The van der Waals surface area contributed by atoms with Crippen molar-refractivity contribution >= 4 is 11.8 Å². The summed E-state index contributed by atoms with van der Waals surface area (Å²) in [4.78, 5) is 23.5. The number of ether oxygens (including phenoxy) is 1. The van der Waals surface area contributed by atoms with Gasteiger partial charge in [0.15, 0.2) is 5.78 Å². The topological polar surface area (TPSA) is 43.4 Å². The quantitative estimate of drug-likeness (QED) is 0.487. The highest BCUT2D eigenvalue weighted by atomic mass is 16.5. The highest BCUT2D eigenvalue weighted by molar-refractivity contribution is 6.20. The number of hydrogen-bond donors (Lipinski definition) is 0. The second-order valence-corrected chi connectivity index (χ2v) is 5.08. The van der Waals surface area contributed by atoms with E-state index in [-0.39, 0.29) is 17.1 Å². The molecule has 0 aromatic heterocycles. The molecule has 0 spiro atoms. The first-order chi connectivity index (χ1) is 6.91. The van der Waals surface area contributed by atoms with E-state index >= 15 is 0 Å². The minimum Gasteiger partial charge on any atom is -0.465 e.